The molecule has 0 saturated heterocycles. The Morgan fingerprint density at radius 1 is 0.942 bits per heavy atom. The van der Waals surface area contributed by atoms with Crippen molar-refractivity contribution in [1.82, 2.24) is 29.6 Å². The first-order valence-corrected chi connectivity index (χ1v) is 16.9. The van der Waals surface area contributed by atoms with E-state index in [4.69, 9.17) is 4.74 Å². The van der Waals surface area contributed by atoms with Crippen LogP contribution in [0, 0.1) is 11.6 Å². The van der Waals surface area contributed by atoms with E-state index < -0.39 is 50.8 Å². The number of sulfonamides is 1. The molecule has 0 aliphatic heterocycles. The number of ether oxygens (including phenoxy) is 1. The van der Waals surface area contributed by atoms with E-state index in [0.29, 0.717) is 51.2 Å². The molecule has 0 aliphatic rings. The molecule has 14 nitrogen and oxygen atoms in total. The summed E-state index contributed by atoms with van der Waals surface area (Å²) in [5, 5.41) is 12.5. The van der Waals surface area contributed by atoms with E-state index in [1.165, 1.54) is 42.3 Å². The zero-order valence-corrected chi connectivity index (χ0v) is 28.3. The van der Waals surface area contributed by atoms with E-state index >= 15 is 8.78 Å². The van der Waals surface area contributed by atoms with Crippen molar-refractivity contribution in [2.45, 2.75) is 24.0 Å². The van der Waals surface area contributed by atoms with Gasteiger partial charge in [-0.05, 0) is 47.5 Å². The normalized spacial score (nSPS) is 12.1. The highest BCUT2D eigenvalue weighted by Crippen LogP contribution is 2.25. The number of amides is 1. The number of pyridine rings is 1. The molecular formula is C35H29F2N7O7S. The summed E-state index contributed by atoms with van der Waals surface area (Å²) in [6.07, 6.45) is 5.93. The molecule has 0 spiro atoms. The minimum atomic E-state index is -4.40. The summed E-state index contributed by atoms with van der Waals surface area (Å²) in [4.78, 5) is 50.1. The topological polar surface area (TPSA) is 187 Å². The number of benzene rings is 3. The van der Waals surface area contributed by atoms with E-state index in [2.05, 4.69) is 20.3 Å². The van der Waals surface area contributed by atoms with E-state index in [1.54, 1.807) is 60.7 Å². The zero-order chi connectivity index (χ0) is 37.2. The Bertz CT molecular complexity index is 2470. The quantitative estimate of drug-likeness (QED) is 0.167. The summed E-state index contributed by atoms with van der Waals surface area (Å²) in [5.41, 5.74) is 0.893. The second kappa shape index (κ2) is 14.5. The number of halogens is 2. The maximum Gasteiger partial charge on any atom is 0.326 e. The van der Waals surface area contributed by atoms with Gasteiger partial charge >= 0.3 is 5.97 Å². The largest absolute Gasteiger partial charge is 0.480 e. The number of methoxy groups -OCH3 is 1. The third kappa shape index (κ3) is 7.26. The molecule has 6 rings (SSSR count). The van der Waals surface area contributed by atoms with Crippen molar-refractivity contribution < 1.29 is 36.6 Å². The van der Waals surface area contributed by atoms with Gasteiger partial charge in [-0.2, -0.15) is 0 Å². The number of carbonyl (C=O) groups is 2. The number of hydrogen-bond donors (Lipinski definition) is 3. The first-order chi connectivity index (χ1) is 24.9. The van der Waals surface area contributed by atoms with Crippen LogP contribution < -0.4 is 15.6 Å². The molecule has 3 aromatic carbocycles. The SMILES string of the molecule is COCc1ncc(-c2ccc(S(=O)(=O)Nc3cc(F)c(C(=O)N[C@@H](Cc4ccc(-n5c(=O)c6ccncc6n5C)cc4)C(=O)O)cc3F)cc2)cn1. The molecule has 17 heteroatoms. The van der Waals surface area contributed by atoms with Crippen LogP contribution in [0.5, 0.6) is 0 Å². The number of rotatable bonds is 12. The number of fused-ring (bicyclic) bond motifs is 1. The molecule has 3 aromatic heterocycles. The number of carboxylic acids is 1. The average Bonchev–Trinajstić information content (AvgIpc) is 3.39. The van der Waals surface area contributed by atoms with Crippen LogP contribution in [-0.4, -0.2) is 62.9 Å². The number of hydrogen-bond acceptors (Lipinski definition) is 9. The minimum Gasteiger partial charge on any atom is -0.480 e. The predicted octanol–water partition coefficient (Wildman–Crippen LogP) is 3.83. The Morgan fingerprint density at radius 2 is 1.63 bits per heavy atom. The van der Waals surface area contributed by atoms with Crippen molar-refractivity contribution in [3.05, 3.63) is 130 Å². The Hall–Kier alpha value is -6.33. The van der Waals surface area contributed by atoms with Crippen LogP contribution in [0.3, 0.4) is 0 Å². The zero-order valence-electron chi connectivity index (χ0n) is 27.4. The molecule has 0 unspecified atom stereocenters. The number of nitrogens with zero attached hydrogens (tertiary/aromatic N) is 5. The van der Waals surface area contributed by atoms with Crippen LogP contribution in [0.4, 0.5) is 14.5 Å². The lowest BCUT2D eigenvalue weighted by Gasteiger charge is -2.16. The van der Waals surface area contributed by atoms with Crippen molar-refractivity contribution in [2.75, 3.05) is 11.8 Å². The van der Waals surface area contributed by atoms with Crippen LogP contribution in [0.1, 0.15) is 21.7 Å². The summed E-state index contributed by atoms with van der Waals surface area (Å²) in [6.45, 7) is 0.225. The lowest BCUT2D eigenvalue weighted by molar-refractivity contribution is -0.139. The van der Waals surface area contributed by atoms with Gasteiger partial charge in [-0.3, -0.25) is 24.0 Å². The van der Waals surface area contributed by atoms with Gasteiger partial charge in [0.15, 0.2) is 5.82 Å². The summed E-state index contributed by atoms with van der Waals surface area (Å²) in [6, 6.07) is 12.9. The van der Waals surface area contributed by atoms with Crippen molar-refractivity contribution >= 4 is 38.5 Å². The standard InChI is InChI=1S/C35H29F2N7O7S/c1-43-31-18-38-12-11-25(31)34(46)44(43)23-7-3-20(4-8-23)13-30(35(47)48)41-33(45)26-14-28(37)29(15-27(26)36)42-52(49,50)24-9-5-21(6-10-24)22-16-39-32(19-51-2)40-17-22/h3-12,14-18,30,42H,13,19H2,1-2H3,(H,41,45)(H,47,48)/t30-/m0/s1. The third-order valence-corrected chi connectivity index (χ3v) is 9.50. The molecule has 0 saturated carbocycles. The fourth-order valence-electron chi connectivity index (χ4n) is 5.46. The van der Waals surface area contributed by atoms with Crippen molar-refractivity contribution in [3.63, 3.8) is 0 Å². The van der Waals surface area contributed by atoms with E-state index in [-0.39, 0.29) is 23.5 Å². The van der Waals surface area contributed by atoms with Crippen LogP contribution >= 0.6 is 0 Å². The summed E-state index contributed by atoms with van der Waals surface area (Å²) < 4.78 is 66.3. The summed E-state index contributed by atoms with van der Waals surface area (Å²) in [5.74, 6) is -4.79. The predicted molar refractivity (Wildman–Crippen MR) is 184 cm³/mol. The van der Waals surface area contributed by atoms with E-state index in [9.17, 15) is 27.9 Å². The molecule has 6 aromatic rings. The number of anilines is 1. The number of aliphatic carboxylic acids is 1. The maximum atomic E-state index is 15.1. The van der Waals surface area contributed by atoms with Gasteiger partial charge in [-0.25, -0.2) is 36.6 Å². The molecule has 52 heavy (non-hydrogen) atoms. The fourth-order valence-corrected chi connectivity index (χ4v) is 6.51. The first kappa shape index (κ1) is 35.5. The Morgan fingerprint density at radius 3 is 2.27 bits per heavy atom. The molecule has 3 heterocycles. The lowest BCUT2D eigenvalue weighted by Crippen LogP contribution is -2.42. The van der Waals surface area contributed by atoms with Gasteiger partial charge < -0.3 is 15.2 Å². The summed E-state index contributed by atoms with van der Waals surface area (Å²) >= 11 is 0. The molecular weight excluding hydrogens is 700 g/mol. The van der Waals surface area contributed by atoms with Gasteiger partial charge in [0.05, 0.1) is 38.9 Å². The molecule has 0 bridgehead atoms. The minimum absolute atomic E-state index is 0.225. The fraction of sp³-hybridized carbons (Fsp3) is 0.143. The monoisotopic (exact) mass is 729 g/mol. The summed E-state index contributed by atoms with van der Waals surface area (Å²) in [7, 11) is -1.20. The van der Waals surface area contributed by atoms with Crippen LogP contribution in [0.2, 0.25) is 0 Å². The van der Waals surface area contributed by atoms with Gasteiger partial charge in [0.25, 0.3) is 21.5 Å². The Kier molecular flexibility index (Phi) is 9.89. The van der Waals surface area contributed by atoms with Gasteiger partial charge in [0, 0.05) is 50.8 Å². The molecule has 1 amide bonds. The van der Waals surface area contributed by atoms with E-state index in [1.807, 2.05) is 4.72 Å². The van der Waals surface area contributed by atoms with Gasteiger partial charge in [-0.1, -0.05) is 24.3 Å². The Labute approximate surface area is 294 Å². The number of aromatic nitrogens is 5. The Balaban J connectivity index is 1.13. The number of nitrogens with one attached hydrogen (secondary N) is 2. The average molecular weight is 730 g/mol. The molecule has 0 radical (unpaired) electrons. The van der Waals surface area contributed by atoms with Crippen LogP contribution in [0.25, 0.3) is 27.7 Å². The van der Waals surface area contributed by atoms with Gasteiger partial charge in [-0.15, -0.1) is 0 Å². The van der Waals surface area contributed by atoms with Gasteiger partial charge in [0.2, 0.25) is 0 Å². The lowest BCUT2D eigenvalue weighted by atomic mass is 10.0. The second-order valence-corrected chi connectivity index (χ2v) is 13.2. The molecule has 3 N–H and O–H groups in total. The first-order valence-electron chi connectivity index (χ1n) is 15.4. The van der Waals surface area contributed by atoms with Gasteiger partial charge in [0.1, 0.15) is 24.3 Å². The smallest absolute Gasteiger partial charge is 0.326 e. The highest BCUT2D eigenvalue weighted by atomic mass is 32.2. The highest BCUT2D eigenvalue weighted by molar-refractivity contribution is 7.92. The number of carbonyl (C=O) groups excluding carboxylic acids is 1. The number of carboxylic acid groups (broad SMARTS) is 1. The van der Waals surface area contributed by atoms with Crippen LogP contribution in [-0.2, 0) is 39.6 Å². The highest BCUT2D eigenvalue weighted by Gasteiger charge is 2.26. The molecule has 0 aliphatic carbocycles. The van der Waals surface area contributed by atoms with Crippen LogP contribution in [0.15, 0.2) is 101 Å². The van der Waals surface area contributed by atoms with Crippen molar-refractivity contribution in [2.24, 2.45) is 7.05 Å². The molecule has 1 atom stereocenters. The van der Waals surface area contributed by atoms with Crippen molar-refractivity contribution in [1.29, 1.82) is 0 Å². The molecule has 266 valence electrons. The van der Waals surface area contributed by atoms with E-state index in [0.717, 1.165) is 0 Å². The van der Waals surface area contributed by atoms with Crippen molar-refractivity contribution in [3.8, 4) is 16.8 Å². The maximum absolute atomic E-state index is 15.1. The number of aryl methyl sites for hydroxylation is 1. The second-order valence-electron chi connectivity index (χ2n) is 11.5. The third-order valence-electron chi connectivity index (χ3n) is 8.12. The molecule has 0 fully saturated rings.